The molecular formula is C20H22ClNO2. The lowest BCUT2D eigenvalue weighted by molar-refractivity contribution is 0.0442. The zero-order valence-electron chi connectivity index (χ0n) is 13.5. The van der Waals surface area contributed by atoms with Crippen molar-refractivity contribution >= 4 is 12.4 Å². The normalized spacial score (nSPS) is 15.0. The van der Waals surface area contributed by atoms with Crippen LogP contribution in [0.25, 0.3) is 0 Å². The first-order valence-corrected chi connectivity index (χ1v) is 7.92. The lowest BCUT2D eigenvalue weighted by atomic mass is 9.87. The summed E-state index contributed by atoms with van der Waals surface area (Å²) in [5, 5.41) is 11.3. The zero-order valence-corrected chi connectivity index (χ0v) is 14.3. The highest BCUT2D eigenvalue weighted by Crippen LogP contribution is 2.28. The van der Waals surface area contributed by atoms with E-state index in [4.69, 9.17) is 4.74 Å². The summed E-state index contributed by atoms with van der Waals surface area (Å²) in [5.41, 5.74) is 0.302. The van der Waals surface area contributed by atoms with E-state index in [1.54, 1.807) is 0 Å². The van der Waals surface area contributed by atoms with Crippen molar-refractivity contribution in [2.75, 3.05) is 32.8 Å². The molecule has 0 aromatic heterocycles. The Bertz CT molecular complexity index is 634. The predicted molar refractivity (Wildman–Crippen MR) is 98.2 cm³/mol. The predicted octanol–water partition coefficient (Wildman–Crippen LogP) is 2.68. The molecule has 1 saturated heterocycles. The lowest BCUT2D eigenvalue weighted by Gasteiger charge is -2.25. The smallest absolute Gasteiger partial charge is 0.176 e. The molecule has 1 fully saturated rings. The van der Waals surface area contributed by atoms with Crippen molar-refractivity contribution < 1.29 is 9.84 Å². The van der Waals surface area contributed by atoms with E-state index < -0.39 is 5.60 Å². The molecule has 0 atom stereocenters. The molecule has 4 heteroatoms. The van der Waals surface area contributed by atoms with Crippen LogP contribution in [0, 0.1) is 11.8 Å². The monoisotopic (exact) mass is 343 g/mol. The molecule has 1 heterocycles. The van der Waals surface area contributed by atoms with Crippen molar-refractivity contribution in [1.82, 2.24) is 4.90 Å². The number of nitrogens with zero attached hydrogens (tertiary/aromatic N) is 1. The number of halogens is 1. The fraction of sp³-hybridized carbons (Fsp3) is 0.300. The standard InChI is InChI=1S/C20H21NO2.ClH/c22-20(18-8-3-1-4-9-18,19-10-5-2-6-11-19)12-7-13-21-14-16-23-17-15-21;/h1-6,8-11,22H,13-17H2;1H. The first-order chi connectivity index (χ1) is 11.3. The number of rotatable bonds is 3. The van der Waals surface area contributed by atoms with E-state index in [2.05, 4.69) is 16.7 Å². The van der Waals surface area contributed by atoms with Gasteiger partial charge >= 0.3 is 0 Å². The third kappa shape index (κ3) is 4.37. The third-order valence-corrected chi connectivity index (χ3v) is 4.06. The van der Waals surface area contributed by atoms with Crippen molar-refractivity contribution in [3.8, 4) is 11.8 Å². The van der Waals surface area contributed by atoms with Gasteiger partial charge in [-0.25, -0.2) is 0 Å². The Kier molecular flexibility index (Phi) is 6.84. The van der Waals surface area contributed by atoms with Gasteiger partial charge in [0.1, 0.15) is 0 Å². The Hall–Kier alpha value is -1.83. The Morgan fingerprint density at radius 1 is 0.917 bits per heavy atom. The summed E-state index contributed by atoms with van der Waals surface area (Å²) >= 11 is 0. The van der Waals surface area contributed by atoms with E-state index in [0.717, 1.165) is 37.4 Å². The summed E-state index contributed by atoms with van der Waals surface area (Å²) in [4.78, 5) is 2.24. The van der Waals surface area contributed by atoms with Crippen LogP contribution >= 0.6 is 12.4 Å². The largest absolute Gasteiger partial charge is 0.379 e. The molecule has 0 aliphatic carbocycles. The average molecular weight is 344 g/mol. The molecule has 1 aliphatic heterocycles. The SMILES string of the molecule is Cl.OC(C#CCN1CCOCC1)(c1ccccc1)c1ccccc1. The summed E-state index contributed by atoms with van der Waals surface area (Å²) in [6, 6.07) is 19.2. The van der Waals surface area contributed by atoms with Gasteiger partial charge in [0.05, 0.1) is 19.8 Å². The number of ether oxygens (including phenoxy) is 1. The Morgan fingerprint density at radius 2 is 1.42 bits per heavy atom. The van der Waals surface area contributed by atoms with Crippen LogP contribution in [-0.4, -0.2) is 42.9 Å². The molecule has 0 amide bonds. The summed E-state index contributed by atoms with van der Waals surface area (Å²) in [7, 11) is 0. The van der Waals surface area contributed by atoms with Crippen molar-refractivity contribution in [3.05, 3.63) is 71.8 Å². The second-order valence-corrected chi connectivity index (χ2v) is 5.63. The average Bonchev–Trinajstić information content (AvgIpc) is 2.64. The van der Waals surface area contributed by atoms with E-state index in [9.17, 15) is 5.11 Å². The van der Waals surface area contributed by atoms with Crippen LogP contribution in [0.1, 0.15) is 11.1 Å². The first kappa shape index (κ1) is 18.5. The van der Waals surface area contributed by atoms with E-state index in [1.807, 2.05) is 60.7 Å². The van der Waals surface area contributed by atoms with E-state index in [-0.39, 0.29) is 12.4 Å². The topological polar surface area (TPSA) is 32.7 Å². The van der Waals surface area contributed by atoms with Gasteiger partial charge in [-0.15, -0.1) is 12.4 Å². The first-order valence-electron chi connectivity index (χ1n) is 7.92. The Morgan fingerprint density at radius 3 is 1.92 bits per heavy atom. The minimum absolute atomic E-state index is 0. The second-order valence-electron chi connectivity index (χ2n) is 5.63. The number of hydrogen-bond acceptors (Lipinski definition) is 3. The summed E-state index contributed by atoms with van der Waals surface area (Å²) in [6.45, 7) is 3.94. The zero-order chi connectivity index (χ0) is 16.0. The molecule has 0 bridgehead atoms. The van der Waals surface area contributed by atoms with Crippen LogP contribution in [0.5, 0.6) is 0 Å². The minimum atomic E-state index is -1.28. The van der Waals surface area contributed by atoms with Gasteiger partial charge in [0.15, 0.2) is 5.60 Å². The summed E-state index contributed by atoms with van der Waals surface area (Å²) in [6.07, 6.45) is 0. The van der Waals surface area contributed by atoms with Gasteiger partial charge in [-0.2, -0.15) is 0 Å². The van der Waals surface area contributed by atoms with E-state index in [1.165, 1.54) is 0 Å². The second kappa shape index (κ2) is 8.86. The van der Waals surface area contributed by atoms with Crippen LogP contribution in [0.2, 0.25) is 0 Å². The van der Waals surface area contributed by atoms with Gasteiger partial charge in [-0.3, -0.25) is 4.90 Å². The summed E-state index contributed by atoms with van der Waals surface area (Å²) < 4.78 is 5.35. The molecule has 24 heavy (non-hydrogen) atoms. The number of benzene rings is 2. The van der Waals surface area contributed by atoms with Crippen molar-refractivity contribution in [2.45, 2.75) is 5.60 Å². The molecule has 0 spiro atoms. The number of hydrogen-bond donors (Lipinski definition) is 1. The van der Waals surface area contributed by atoms with Crippen LogP contribution in [0.3, 0.4) is 0 Å². The van der Waals surface area contributed by atoms with Gasteiger partial charge in [-0.05, 0) is 0 Å². The van der Waals surface area contributed by atoms with Crippen molar-refractivity contribution in [2.24, 2.45) is 0 Å². The molecular weight excluding hydrogens is 322 g/mol. The van der Waals surface area contributed by atoms with Crippen LogP contribution in [-0.2, 0) is 10.3 Å². The lowest BCUT2D eigenvalue weighted by Crippen LogP contribution is -2.36. The van der Waals surface area contributed by atoms with Gasteiger partial charge in [-0.1, -0.05) is 72.5 Å². The molecule has 3 rings (SSSR count). The van der Waals surface area contributed by atoms with Crippen LogP contribution in [0.4, 0.5) is 0 Å². The highest BCUT2D eigenvalue weighted by Gasteiger charge is 2.29. The molecule has 3 nitrogen and oxygen atoms in total. The molecule has 0 radical (unpaired) electrons. The van der Waals surface area contributed by atoms with Gasteiger partial charge in [0, 0.05) is 24.2 Å². The van der Waals surface area contributed by atoms with Crippen LogP contribution < -0.4 is 0 Å². The van der Waals surface area contributed by atoms with Crippen molar-refractivity contribution in [1.29, 1.82) is 0 Å². The quantitative estimate of drug-likeness (QED) is 0.870. The van der Waals surface area contributed by atoms with Crippen molar-refractivity contribution in [3.63, 3.8) is 0 Å². The highest BCUT2D eigenvalue weighted by molar-refractivity contribution is 5.85. The molecule has 0 saturated carbocycles. The maximum atomic E-state index is 11.3. The number of aliphatic hydroxyl groups is 1. The Balaban J connectivity index is 0.00000208. The van der Waals surface area contributed by atoms with E-state index in [0.29, 0.717) is 6.54 Å². The van der Waals surface area contributed by atoms with E-state index >= 15 is 0 Å². The fourth-order valence-corrected chi connectivity index (χ4v) is 2.71. The Labute approximate surface area is 149 Å². The molecule has 0 unspecified atom stereocenters. The maximum Gasteiger partial charge on any atom is 0.176 e. The molecule has 1 N–H and O–H groups in total. The van der Waals surface area contributed by atoms with Gasteiger partial charge in [0.2, 0.25) is 0 Å². The molecule has 2 aromatic carbocycles. The number of morpholine rings is 1. The molecule has 126 valence electrons. The highest BCUT2D eigenvalue weighted by atomic mass is 35.5. The van der Waals surface area contributed by atoms with Gasteiger partial charge < -0.3 is 9.84 Å². The fourth-order valence-electron chi connectivity index (χ4n) is 2.71. The maximum absolute atomic E-state index is 11.3. The minimum Gasteiger partial charge on any atom is -0.379 e. The van der Waals surface area contributed by atoms with Gasteiger partial charge in [0.25, 0.3) is 0 Å². The molecule has 2 aromatic rings. The van der Waals surface area contributed by atoms with Crippen LogP contribution in [0.15, 0.2) is 60.7 Å². The summed E-state index contributed by atoms with van der Waals surface area (Å²) in [5.74, 6) is 6.26. The molecule has 1 aliphatic rings. The third-order valence-electron chi connectivity index (χ3n) is 4.06.